The number of aliphatic hydroxyl groups excluding tert-OH is 1. The highest BCUT2D eigenvalue weighted by Gasteiger charge is 2.46. The fourth-order valence-corrected chi connectivity index (χ4v) is 4.11. The van der Waals surface area contributed by atoms with Gasteiger partial charge in [0.25, 0.3) is 11.7 Å². The summed E-state index contributed by atoms with van der Waals surface area (Å²) in [5, 5.41) is 12.9. The van der Waals surface area contributed by atoms with Crippen LogP contribution in [0.25, 0.3) is 5.76 Å². The molecule has 1 atom stereocenters. The molecule has 1 aliphatic heterocycles. The first-order valence-corrected chi connectivity index (χ1v) is 9.83. The summed E-state index contributed by atoms with van der Waals surface area (Å²) in [7, 11) is 1.55. The molecule has 0 aliphatic carbocycles. The minimum atomic E-state index is -0.698. The molecule has 0 radical (unpaired) electrons. The average molecular weight is 406 g/mol. The largest absolute Gasteiger partial charge is 0.507 e. The molecular weight excluding hydrogens is 388 g/mol. The third-order valence-electron chi connectivity index (χ3n) is 4.83. The van der Waals surface area contributed by atoms with E-state index in [0.29, 0.717) is 16.9 Å². The summed E-state index contributed by atoms with van der Waals surface area (Å²) in [4.78, 5) is 32.3. The maximum absolute atomic E-state index is 12.9. The van der Waals surface area contributed by atoms with Crippen LogP contribution in [0.4, 0.5) is 0 Å². The molecule has 3 heterocycles. The van der Waals surface area contributed by atoms with Crippen LogP contribution >= 0.6 is 11.3 Å². The highest BCUT2D eigenvalue weighted by atomic mass is 32.1. The summed E-state index contributed by atoms with van der Waals surface area (Å²) in [6, 6.07) is 13.3. The maximum Gasteiger partial charge on any atom is 0.295 e. The predicted octanol–water partition coefficient (Wildman–Crippen LogP) is 3.77. The van der Waals surface area contributed by atoms with Crippen molar-refractivity contribution >= 4 is 28.8 Å². The lowest BCUT2D eigenvalue weighted by Crippen LogP contribution is -2.28. The molecular formula is C22H18N2O4S. The van der Waals surface area contributed by atoms with Gasteiger partial charge in [-0.2, -0.15) is 0 Å². The summed E-state index contributed by atoms with van der Waals surface area (Å²) in [6.45, 7) is 0.286. The van der Waals surface area contributed by atoms with Crippen molar-refractivity contribution in [2.75, 3.05) is 7.11 Å². The van der Waals surface area contributed by atoms with E-state index in [1.165, 1.54) is 16.2 Å². The zero-order valence-corrected chi connectivity index (χ0v) is 16.4. The van der Waals surface area contributed by atoms with Crippen LogP contribution in [0.15, 0.2) is 71.9 Å². The Morgan fingerprint density at radius 3 is 2.48 bits per heavy atom. The van der Waals surface area contributed by atoms with E-state index in [4.69, 9.17) is 4.74 Å². The Hall–Kier alpha value is -3.45. The number of ether oxygens (including phenoxy) is 1. The van der Waals surface area contributed by atoms with E-state index in [-0.39, 0.29) is 17.9 Å². The average Bonchev–Trinajstić information content (AvgIpc) is 3.36. The molecule has 1 unspecified atom stereocenters. The Morgan fingerprint density at radius 1 is 1.14 bits per heavy atom. The van der Waals surface area contributed by atoms with Crippen LogP contribution in [0.1, 0.15) is 22.0 Å². The first-order chi connectivity index (χ1) is 14.1. The molecule has 0 bridgehead atoms. The van der Waals surface area contributed by atoms with Gasteiger partial charge in [-0.05, 0) is 53.4 Å². The number of carbonyl (C=O) groups excluding carboxylic acids is 2. The quantitative estimate of drug-likeness (QED) is 0.396. The summed E-state index contributed by atoms with van der Waals surface area (Å²) in [6.07, 6.45) is 3.21. The van der Waals surface area contributed by atoms with Gasteiger partial charge in [-0.3, -0.25) is 14.6 Å². The summed E-state index contributed by atoms with van der Waals surface area (Å²) >= 11 is 1.51. The van der Waals surface area contributed by atoms with Crippen molar-refractivity contribution < 1.29 is 19.4 Å². The summed E-state index contributed by atoms with van der Waals surface area (Å²) in [5.41, 5.74) is 1.23. The van der Waals surface area contributed by atoms with Gasteiger partial charge < -0.3 is 14.7 Å². The third kappa shape index (κ3) is 3.52. The van der Waals surface area contributed by atoms with Gasteiger partial charge in [0.1, 0.15) is 11.5 Å². The molecule has 0 saturated carbocycles. The Kier molecular flexibility index (Phi) is 5.14. The molecule has 2 aromatic heterocycles. The fraction of sp³-hybridized carbons (Fsp3) is 0.136. The molecule has 7 heteroatoms. The number of ketones is 1. The van der Waals surface area contributed by atoms with Crippen molar-refractivity contribution in [3.63, 3.8) is 0 Å². The van der Waals surface area contributed by atoms with E-state index < -0.39 is 17.7 Å². The number of aromatic nitrogens is 1. The maximum atomic E-state index is 12.9. The standard InChI is InChI=1S/C22H18N2O4S/c1-28-16-6-4-15(5-7-16)20(25)18-19(14-8-10-23-11-9-14)24(22(27)21(18)26)13-17-3-2-12-29-17/h2-12,19,25H,13H2,1H3/b20-18-. The Morgan fingerprint density at radius 2 is 1.86 bits per heavy atom. The van der Waals surface area contributed by atoms with Crippen molar-refractivity contribution in [3.8, 4) is 5.75 Å². The molecule has 1 aliphatic rings. The monoisotopic (exact) mass is 406 g/mol. The molecule has 1 saturated heterocycles. The van der Waals surface area contributed by atoms with Gasteiger partial charge in [0.2, 0.25) is 0 Å². The van der Waals surface area contributed by atoms with Crippen molar-refractivity contribution in [3.05, 3.63) is 87.9 Å². The zero-order valence-electron chi connectivity index (χ0n) is 15.6. The summed E-state index contributed by atoms with van der Waals surface area (Å²) < 4.78 is 5.15. The molecule has 29 heavy (non-hydrogen) atoms. The lowest BCUT2D eigenvalue weighted by atomic mass is 9.96. The predicted molar refractivity (Wildman–Crippen MR) is 109 cm³/mol. The number of thiophene rings is 1. The van der Waals surface area contributed by atoms with Crippen molar-refractivity contribution in [1.82, 2.24) is 9.88 Å². The SMILES string of the molecule is COc1ccc(/C(O)=C2/C(=O)C(=O)N(Cc3cccs3)C2c2ccncc2)cc1. The molecule has 4 rings (SSSR count). The normalized spacial score (nSPS) is 18.2. The van der Waals surface area contributed by atoms with Crippen molar-refractivity contribution in [2.24, 2.45) is 0 Å². The molecule has 0 spiro atoms. The minimum absolute atomic E-state index is 0.0722. The number of hydrogen-bond donors (Lipinski definition) is 1. The molecule has 3 aromatic rings. The van der Waals surface area contributed by atoms with Gasteiger partial charge in [0, 0.05) is 22.8 Å². The lowest BCUT2D eigenvalue weighted by molar-refractivity contribution is -0.140. The zero-order chi connectivity index (χ0) is 20.4. The molecule has 1 amide bonds. The number of rotatable bonds is 5. The highest BCUT2D eigenvalue weighted by Crippen LogP contribution is 2.40. The van der Waals surface area contributed by atoms with E-state index in [1.807, 2.05) is 17.5 Å². The molecule has 6 nitrogen and oxygen atoms in total. The number of methoxy groups -OCH3 is 1. The van der Waals surface area contributed by atoms with Gasteiger partial charge in [-0.1, -0.05) is 6.07 Å². The van der Waals surface area contributed by atoms with Gasteiger partial charge in [-0.25, -0.2) is 0 Å². The van der Waals surface area contributed by atoms with Gasteiger partial charge in [-0.15, -0.1) is 11.3 Å². The number of amides is 1. The Labute approximate surface area is 171 Å². The molecule has 1 aromatic carbocycles. The van der Waals surface area contributed by atoms with Crippen molar-refractivity contribution in [2.45, 2.75) is 12.6 Å². The van der Waals surface area contributed by atoms with E-state index in [0.717, 1.165) is 4.88 Å². The van der Waals surface area contributed by atoms with Crippen LogP contribution in [0.3, 0.4) is 0 Å². The molecule has 1 N–H and O–H groups in total. The van der Waals surface area contributed by atoms with E-state index in [1.54, 1.807) is 55.9 Å². The second-order valence-electron chi connectivity index (χ2n) is 6.52. The van der Waals surface area contributed by atoms with Crippen LogP contribution < -0.4 is 4.74 Å². The number of hydrogen-bond acceptors (Lipinski definition) is 6. The third-order valence-corrected chi connectivity index (χ3v) is 5.69. The number of likely N-dealkylation sites (tertiary alicyclic amines) is 1. The van der Waals surface area contributed by atoms with Gasteiger partial charge in [0.05, 0.1) is 25.3 Å². The topological polar surface area (TPSA) is 79.7 Å². The molecule has 1 fully saturated rings. The van der Waals surface area contributed by atoms with Crippen LogP contribution in [-0.2, 0) is 16.1 Å². The van der Waals surface area contributed by atoms with Gasteiger partial charge in [0.15, 0.2) is 0 Å². The van der Waals surface area contributed by atoms with Crippen LogP contribution in [0, 0.1) is 0 Å². The van der Waals surface area contributed by atoms with Crippen LogP contribution in [0.5, 0.6) is 5.75 Å². The van der Waals surface area contributed by atoms with E-state index in [2.05, 4.69) is 4.98 Å². The minimum Gasteiger partial charge on any atom is -0.507 e. The van der Waals surface area contributed by atoms with Crippen molar-refractivity contribution in [1.29, 1.82) is 0 Å². The summed E-state index contributed by atoms with van der Waals surface area (Å²) in [5.74, 6) is -0.904. The number of Topliss-reactive ketones (excluding diaryl/α,β-unsaturated/α-hetero) is 1. The number of pyridine rings is 1. The Bertz CT molecular complexity index is 1060. The lowest BCUT2D eigenvalue weighted by Gasteiger charge is -2.24. The number of nitrogens with zero attached hydrogens (tertiary/aromatic N) is 2. The van der Waals surface area contributed by atoms with E-state index >= 15 is 0 Å². The van der Waals surface area contributed by atoms with E-state index in [9.17, 15) is 14.7 Å². The second kappa shape index (κ2) is 7.89. The number of aliphatic hydroxyl groups is 1. The number of benzene rings is 1. The smallest absolute Gasteiger partial charge is 0.295 e. The fourth-order valence-electron chi connectivity index (χ4n) is 3.41. The first-order valence-electron chi connectivity index (χ1n) is 8.95. The second-order valence-corrected chi connectivity index (χ2v) is 7.55. The Balaban J connectivity index is 1.83. The first kappa shape index (κ1) is 18.9. The highest BCUT2D eigenvalue weighted by molar-refractivity contribution is 7.09. The van der Waals surface area contributed by atoms with Gasteiger partial charge >= 0.3 is 0 Å². The van der Waals surface area contributed by atoms with Crippen LogP contribution in [-0.4, -0.2) is 33.8 Å². The van der Waals surface area contributed by atoms with Crippen LogP contribution in [0.2, 0.25) is 0 Å². The number of carbonyl (C=O) groups is 2. The molecule has 146 valence electrons.